The quantitative estimate of drug-likeness (QED) is 0.712. The van der Waals surface area contributed by atoms with Crippen molar-refractivity contribution in [3.8, 4) is 16.9 Å². The van der Waals surface area contributed by atoms with Gasteiger partial charge in [0.1, 0.15) is 5.75 Å². The minimum absolute atomic E-state index is 0.776. The molecule has 112 valence electrons. The zero-order chi connectivity index (χ0) is 14.9. The molecule has 2 rings (SSSR count). The van der Waals surface area contributed by atoms with Gasteiger partial charge in [-0.15, -0.1) is 0 Å². The lowest BCUT2D eigenvalue weighted by atomic mass is 10.0. The summed E-state index contributed by atoms with van der Waals surface area (Å²) in [5, 5.41) is 3.44. The fourth-order valence-corrected chi connectivity index (χ4v) is 2.23. The van der Waals surface area contributed by atoms with E-state index in [1.807, 2.05) is 12.1 Å². The van der Waals surface area contributed by atoms with Crippen LogP contribution < -0.4 is 10.1 Å². The number of ether oxygens (including phenoxy) is 1. The van der Waals surface area contributed by atoms with E-state index in [1.165, 1.54) is 23.1 Å². The second-order valence-corrected chi connectivity index (χ2v) is 5.25. The highest BCUT2D eigenvalue weighted by molar-refractivity contribution is 5.64. The van der Waals surface area contributed by atoms with Crippen LogP contribution in [0.5, 0.6) is 5.75 Å². The third-order valence-electron chi connectivity index (χ3n) is 3.34. The van der Waals surface area contributed by atoms with Crippen LogP contribution in [-0.2, 0) is 6.54 Å². The summed E-state index contributed by atoms with van der Waals surface area (Å²) in [7, 11) is 0. The molecule has 0 saturated heterocycles. The molecule has 0 radical (unpaired) electrons. The van der Waals surface area contributed by atoms with Crippen molar-refractivity contribution < 1.29 is 4.74 Å². The molecule has 0 aliphatic heterocycles. The average molecular weight is 283 g/mol. The van der Waals surface area contributed by atoms with Crippen molar-refractivity contribution in [1.29, 1.82) is 0 Å². The molecule has 2 heteroatoms. The van der Waals surface area contributed by atoms with E-state index in [0.29, 0.717) is 0 Å². The molecule has 0 amide bonds. The summed E-state index contributed by atoms with van der Waals surface area (Å²) in [6.45, 7) is 7.07. The smallest absolute Gasteiger partial charge is 0.119 e. The molecule has 2 aromatic carbocycles. The van der Waals surface area contributed by atoms with E-state index in [2.05, 4.69) is 55.6 Å². The van der Waals surface area contributed by atoms with E-state index in [-0.39, 0.29) is 0 Å². The molecule has 0 aliphatic rings. The Labute approximate surface area is 128 Å². The van der Waals surface area contributed by atoms with Crippen molar-refractivity contribution in [2.24, 2.45) is 0 Å². The molecule has 0 unspecified atom stereocenters. The highest BCUT2D eigenvalue weighted by Crippen LogP contribution is 2.23. The van der Waals surface area contributed by atoms with Crippen LogP contribution in [0.3, 0.4) is 0 Å². The number of benzene rings is 2. The fourth-order valence-electron chi connectivity index (χ4n) is 2.23. The van der Waals surface area contributed by atoms with Gasteiger partial charge in [0.05, 0.1) is 6.61 Å². The molecule has 0 aliphatic carbocycles. The lowest BCUT2D eigenvalue weighted by molar-refractivity contribution is 0.317. The van der Waals surface area contributed by atoms with Gasteiger partial charge in [0, 0.05) is 6.54 Å². The molecular weight excluding hydrogens is 258 g/mol. The molecule has 21 heavy (non-hydrogen) atoms. The van der Waals surface area contributed by atoms with Crippen molar-refractivity contribution in [2.75, 3.05) is 13.2 Å². The second-order valence-electron chi connectivity index (χ2n) is 5.25. The first kappa shape index (κ1) is 15.6. The normalized spacial score (nSPS) is 10.6. The van der Waals surface area contributed by atoms with Gasteiger partial charge < -0.3 is 10.1 Å². The fraction of sp³-hybridized carbons (Fsp3) is 0.368. The maximum Gasteiger partial charge on any atom is 0.119 e. The highest BCUT2D eigenvalue weighted by Gasteiger charge is 2.00. The third kappa shape index (κ3) is 4.91. The maximum atomic E-state index is 5.63. The highest BCUT2D eigenvalue weighted by atomic mass is 16.5. The average Bonchev–Trinajstić information content (AvgIpc) is 2.54. The van der Waals surface area contributed by atoms with Gasteiger partial charge in [0.15, 0.2) is 0 Å². The second kappa shape index (κ2) is 8.48. The lowest BCUT2D eigenvalue weighted by Gasteiger charge is -2.08. The van der Waals surface area contributed by atoms with E-state index >= 15 is 0 Å². The van der Waals surface area contributed by atoms with Gasteiger partial charge in [-0.05, 0) is 54.3 Å². The maximum absolute atomic E-state index is 5.63. The summed E-state index contributed by atoms with van der Waals surface area (Å²) in [5.41, 5.74) is 3.82. The van der Waals surface area contributed by atoms with Crippen molar-refractivity contribution in [3.05, 3.63) is 54.1 Å². The van der Waals surface area contributed by atoms with Gasteiger partial charge in [-0.3, -0.25) is 0 Å². The standard InChI is InChI=1S/C19H25NO/c1-3-12-20-15-16-6-5-7-18(14-16)17-8-10-19(11-9-17)21-13-4-2/h5-11,14,20H,3-4,12-13,15H2,1-2H3. The molecule has 0 atom stereocenters. The van der Waals surface area contributed by atoms with Gasteiger partial charge in [0.2, 0.25) is 0 Å². The van der Waals surface area contributed by atoms with Crippen LogP contribution in [0.1, 0.15) is 32.3 Å². The summed E-state index contributed by atoms with van der Waals surface area (Å²) >= 11 is 0. The van der Waals surface area contributed by atoms with Gasteiger partial charge in [-0.2, -0.15) is 0 Å². The van der Waals surface area contributed by atoms with E-state index < -0.39 is 0 Å². The van der Waals surface area contributed by atoms with Crippen molar-refractivity contribution in [1.82, 2.24) is 5.32 Å². The first-order valence-corrected chi connectivity index (χ1v) is 7.86. The van der Waals surface area contributed by atoms with Crippen LogP contribution in [0.4, 0.5) is 0 Å². The topological polar surface area (TPSA) is 21.3 Å². The molecule has 2 aromatic rings. The summed E-state index contributed by atoms with van der Waals surface area (Å²) < 4.78 is 5.63. The molecular formula is C19H25NO. The SMILES string of the molecule is CCCNCc1cccc(-c2ccc(OCCC)cc2)c1. The first-order chi connectivity index (χ1) is 10.3. The molecule has 0 fully saturated rings. The van der Waals surface area contributed by atoms with Crippen LogP contribution >= 0.6 is 0 Å². The largest absolute Gasteiger partial charge is 0.494 e. The number of hydrogen-bond acceptors (Lipinski definition) is 2. The summed E-state index contributed by atoms with van der Waals surface area (Å²) in [5.74, 6) is 0.946. The van der Waals surface area contributed by atoms with E-state index in [4.69, 9.17) is 4.74 Å². The van der Waals surface area contributed by atoms with Gasteiger partial charge in [-0.1, -0.05) is 44.2 Å². The Morgan fingerprint density at radius 3 is 2.43 bits per heavy atom. The Bertz CT molecular complexity index is 534. The molecule has 0 saturated carbocycles. The lowest BCUT2D eigenvalue weighted by Crippen LogP contribution is -2.13. The molecule has 0 bridgehead atoms. The van der Waals surface area contributed by atoms with E-state index in [1.54, 1.807) is 0 Å². The Morgan fingerprint density at radius 1 is 0.905 bits per heavy atom. The molecule has 1 N–H and O–H groups in total. The van der Waals surface area contributed by atoms with Crippen molar-refractivity contribution in [2.45, 2.75) is 33.2 Å². The van der Waals surface area contributed by atoms with Crippen LogP contribution in [0.25, 0.3) is 11.1 Å². The van der Waals surface area contributed by atoms with Gasteiger partial charge in [0.25, 0.3) is 0 Å². The monoisotopic (exact) mass is 283 g/mol. The molecule has 0 spiro atoms. The Balaban J connectivity index is 2.05. The summed E-state index contributed by atoms with van der Waals surface area (Å²) in [6.07, 6.45) is 2.20. The molecule has 0 heterocycles. The Morgan fingerprint density at radius 2 is 1.71 bits per heavy atom. The number of hydrogen-bond donors (Lipinski definition) is 1. The predicted molar refractivity (Wildman–Crippen MR) is 89.7 cm³/mol. The first-order valence-electron chi connectivity index (χ1n) is 7.86. The zero-order valence-corrected chi connectivity index (χ0v) is 13.1. The minimum Gasteiger partial charge on any atom is -0.494 e. The van der Waals surface area contributed by atoms with Crippen molar-refractivity contribution >= 4 is 0 Å². The Kier molecular flexibility index (Phi) is 6.29. The third-order valence-corrected chi connectivity index (χ3v) is 3.34. The molecule has 2 nitrogen and oxygen atoms in total. The van der Waals surface area contributed by atoms with E-state index in [0.717, 1.165) is 31.9 Å². The van der Waals surface area contributed by atoms with Crippen LogP contribution in [0, 0.1) is 0 Å². The minimum atomic E-state index is 0.776. The Hall–Kier alpha value is -1.80. The zero-order valence-electron chi connectivity index (χ0n) is 13.1. The van der Waals surface area contributed by atoms with Crippen LogP contribution in [-0.4, -0.2) is 13.2 Å². The molecule has 0 aromatic heterocycles. The van der Waals surface area contributed by atoms with Crippen LogP contribution in [0.2, 0.25) is 0 Å². The van der Waals surface area contributed by atoms with Gasteiger partial charge in [-0.25, -0.2) is 0 Å². The number of rotatable bonds is 8. The van der Waals surface area contributed by atoms with Gasteiger partial charge >= 0.3 is 0 Å². The summed E-state index contributed by atoms with van der Waals surface area (Å²) in [6, 6.07) is 17.1. The van der Waals surface area contributed by atoms with Crippen molar-refractivity contribution in [3.63, 3.8) is 0 Å². The predicted octanol–water partition coefficient (Wildman–Crippen LogP) is 4.64. The number of nitrogens with one attached hydrogen (secondary N) is 1. The van der Waals surface area contributed by atoms with E-state index in [9.17, 15) is 0 Å². The summed E-state index contributed by atoms with van der Waals surface area (Å²) in [4.78, 5) is 0. The van der Waals surface area contributed by atoms with Crippen LogP contribution in [0.15, 0.2) is 48.5 Å².